The van der Waals surface area contributed by atoms with Crippen LogP contribution in [-0.4, -0.2) is 27.4 Å². The first-order valence-corrected chi connectivity index (χ1v) is 2.13. The molecule has 0 aliphatic heterocycles. The Bertz CT molecular complexity index is 44.8. The van der Waals surface area contributed by atoms with Crippen LogP contribution in [0.5, 0.6) is 0 Å². The zero-order valence-electron chi connectivity index (χ0n) is 3.32. The van der Waals surface area contributed by atoms with Gasteiger partial charge in [0.05, 0.1) is 0 Å². The molecule has 4 heteroatoms. The highest BCUT2D eigenvalue weighted by atomic mass is 28.2. The molecule has 0 aromatic rings. The van der Waals surface area contributed by atoms with Crippen LogP contribution in [0.1, 0.15) is 6.92 Å². The zero-order chi connectivity index (χ0) is 4.28. The van der Waals surface area contributed by atoms with Crippen molar-refractivity contribution < 1.29 is 9.22 Å². The van der Waals surface area contributed by atoms with Gasteiger partial charge in [0.15, 0.2) is 0 Å². The summed E-state index contributed by atoms with van der Waals surface area (Å²) in [6.07, 6.45) is 0. The largest absolute Gasteiger partial charge is 0.529 e. The summed E-state index contributed by atoms with van der Waals surface area (Å²) in [5, 5.41) is 0. The summed E-state index contributed by atoms with van der Waals surface area (Å²) < 4.78 is 4.25. The second kappa shape index (κ2) is 4.90. The fraction of sp³-hybridized carbons (Fsp3) is 0.500. The average molecular weight is 122 g/mol. The maximum absolute atomic E-state index is 9.62. The Hall–Kier alpha value is -0.0962. The van der Waals surface area contributed by atoms with Crippen LogP contribution in [0.15, 0.2) is 0 Å². The maximum Gasteiger partial charge on any atom is 0.288 e. The molecule has 0 atom stereocenters. The fourth-order valence-corrected chi connectivity index (χ4v) is 0. The molecular formula is C2H10O2Si2. The van der Waals surface area contributed by atoms with Crippen molar-refractivity contribution in [3.8, 4) is 0 Å². The second-order valence-corrected chi connectivity index (χ2v) is 1.10. The SMILES string of the molecule is CC(=O)O[SiH3].[SiH4]. The van der Waals surface area contributed by atoms with Crippen molar-refractivity contribution in [2.45, 2.75) is 6.92 Å². The maximum atomic E-state index is 9.62. The number of rotatable bonds is 0. The molecule has 0 radical (unpaired) electrons. The minimum atomic E-state index is -0.184. The van der Waals surface area contributed by atoms with E-state index < -0.39 is 0 Å². The van der Waals surface area contributed by atoms with E-state index in [1.807, 2.05) is 0 Å². The molecule has 0 saturated carbocycles. The molecule has 2 nitrogen and oxygen atoms in total. The molecule has 38 valence electrons. The van der Waals surface area contributed by atoms with Crippen molar-refractivity contribution in [1.29, 1.82) is 0 Å². The van der Waals surface area contributed by atoms with E-state index in [9.17, 15) is 4.79 Å². The van der Waals surface area contributed by atoms with Crippen LogP contribution in [0.4, 0.5) is 0 Å². The van der Waals surface area contributed by atoms with Crippen LogP contribution < -0.4 is 0 Å². The van der Waals surface area contributed by atoms with Gasteiger partial charge >= 0.3 is 0 Å². The van der Waals surface area contributed by atoms with E-state index in [0.717, 1.165) is 0 Å². The topological polar surface area (TPSA) is 26.3 Å². The van der Waals surface area contributed by atoms with Gasteiger partial charge in [-0.25, -0.2) is 0 Å². The lowest BCUT2D eigenvalue weighted by Gasteiger charge is -1.82. The summed E-state index contributed by atoms with van der Waals surface area (Å²) in [6, 6.07) is 0. The van der Waals surface area contributed by atoms with Gasteiger partial charge in [0.2, 0.25) is 10.5 Å². The lowest BCUT2D eigenvalue weighted by molar-refractivity contribution is -0.131. The molecule has 0 rings (SSSR count). The van der Waals surface area contributed by atoms with Gasteiger partial charge < -0.3 is 4.43 Å². The van der Waals surface area contributed by atoms with Gasteiger partial charge in [-0.1, -0.05) is 0 Å². The van der Waals surface area contributed by atoms with Crippen LogP contribution in [0, 0.1) is 0 Å². The van der Waals surface area contributed by atoms with E-state index >= 15 is 0 Å². The number of hydrogen-bond donors (Lipinski definition) is 0. The first-order valence-electron chi connectivity index (χ1n) is 1.32. The van der Waals surface area contributed by atoms with Gasteiger partial charge in [-0.3, -0.25) is 4.79 Å². The molecule has 0 aliphatic rings. The summed E-state index contributed by atoms with van der Waals surface area (Å²) in [4.78, 5) is 9.62. The number of carbonyl (C=O) groups is 1. The van der Waals surface area contributed by atoms with Crippen molar-refractivity contribution >= 4 is 27.4 Å². The van der Waals surface area contributed by atoms with Crippen LogP contribution in [-0.2, 0) is 9.22 Å². The van der Waals surface area contributed by atoms with E-state index in [1.165, 1.54) is 6.92 Å². The summed E-state index contributed by atoms with van der Waals surface area (Å²) in [5.74, 6) is -0.184. The summed E-state index contributed by atoms with van der Waals surface area (Å²) in [5.41, 5.74) is 0. The molecule has 0 amide bonds. The minimum absolute atomic E-state index is 0. The van der Waals surface area contributed by atoms with Gasteiger partial charge in [-0.2, -0.15) is 0 Å². The zero-order valence-corrected chi connectivity index (χ0v) is 5.32. The molecule has 0 aromatic heterocycles. The van der Waals surface area contributed by atoms with E-state index in [2.05, 4.69) is 4.43 Å². The molecule has 0 aliphatic carbocycles. The lowest BCUT2D eigenvalue weighted by Crippen LogP contribution is -1.90. The van der Waals surface area contributed by atoms with E-state index in [0.29, 0.717) is 10.5 Å². The monoisotopic (exact) mass is 122 g/mol. The fourth-order valence-electron chi connectivity index (χ4n) is 0. The van der Waals surface area contributed by atoms with Gasteiger partial charge in [-0.15, -0.1) is 0 Å². The van der Waals surface area contributed by atoms with Crippen molar-refractivity contribution in [3.05, 3.63) is 0 Å². The summed E-state index contributed by atoms with van der Waals surface area (Å²) >= 11 is 0. The van der Waals surface area contributed by atoms with Crippen molar-refractivity contribution in [3.63, 3.8) is 0 Å². The predicted molar refractivity (Wildman–Crippen MR) is 33.0 cm³/mol. The Morgan fingerprint density at radius 3 is 2.00 bits per heavy atom. The highest BCUT2D eigenvalue weighted by molar-refractivity contribution is 6.04. The summed E-state index contributed by atoms with van der Waals surface area (Å²) in [6.45, 7) is 1.40. The molecular weight excluding hydrogens is 112 g/mol. The van der Waals surface area contributed by atoms with Crippen LogP contribution >= 0.6 is 0 Å². The van der Waals surface area contributed by atoms with E-state index in [-0.39, 0.29) is 16.9 Å². The first-order chi connectivity index (χ1) is 2.27. The van der Waals surface area contributed by atoms with E-state index in [4.69, 9.17) is 0 Å². The molecule has 0 heterocycles. The highest BCUT2D eigenvalue weighted by Gasteiger charge is 1.74. The molecule has 0 saturated heterocycles. The molecule has 0 spiro atoms. The second-order valence-electron chi connectivity index (χ2n) is 0.696. The lowest BCUT2D eigenvalue weighted by atomic mass is 10.9. The first kappa shape index (κ1) is 9.32. The quantitative estimate of drug-likeness (QED) is 0.329. The Labute approximate surface area is 44.4 Å². The average Bonchev–Trinajstić information content (AvgIpc) is 1.38. The highest BCUT2D eigenvalue weighted by Crippen LogP contribution is 1.58. The van der Waals surface area contributed by atoms with Crippen LogP contribution in [0.3, 0.4) is 0 Å². The number of hydrogen-bond acceptors (Lipinski definition) is 2. The molecule has 0 N–H and O–H groups in total. The third-order valence-electron chi connectivity index (χ3n) is 0.287. The minimum Gasteiger partial charge on any atom is -0.529 e. The van der Waals surface area contributed by atoms with Gasteiger partial charge in [-0.05, 0) is 11.0 Å². The van der Waals surface area contributed by atoms with Crippen molar-refractivity contribution in [2.24, 2.45) is 0 Å². The smallest absolute Gasteiger partial charge is 0.288 e. The molecule has 0 fully saturated rings. The molecule has 6 heavy (non-hydrogen) atoms. The predicted octanol–water partition coefficient (Wildman–Crippen LogP) is -2.62. The third-order valence-corrected chi connectivity index (χ3v) is 0.862. The Morgan fingerprint density at radius 2 is 2.00 bits per heavy atom. The van der Waals surface area contributed by atoms with Crippen molar-refractivity contribution in [1.82, 2.24) is 0 Å². The van der Waals surface area contributed by atoms with Gasteiger partial charge in [0.25, 0.3) is 5.97 Å². The van der Waals surface area contributed by atoms with Crippen LogP contribution in [0.2, 0.25) is 0 Å². The van der Waals surface area contributed by atoms with Crippen molar-refractivity contribution in [2.75, 3.05) is 0 Å². The Morgan fingerprint density at radius 1 is 1.83 bits per heavy atom. The molecule has 0 bridgehead atoms. The Balaban J connectivity index is 0. The molecule has 0 aromatic carbocycles. The normalized spacial score (nSPS) is 6.17. The third kappa shape index (κ3) is 9.08. The Kier molecular flexibility index (Phi) is 7.61. The summed E-state index contributed by atoms with van der Waals surface area (Å²) in [7, 11) is 0.524. The van der Waals surface area contributed by atoms with Crippen LogP contribution in [0.25, 0.3) is 0 Å². The van der Waals surface area contributed by atoms with E-state index in [1.54, 1.807) is 0 Å². The molecule has 0 unspecified atom stereocenters. The van der Waals surface area contributed by atoms with Gasteiger partial charge in [0.1, 0.15) is 0 Å². The van der Waals surface area contributed by atoms with Gasteiger partial charge in [0, 0.05) is 6.92 Å². The number of carbonyl (C=O) groups excluding carboxylic acids is 1. The standard InChI is InChI=1S/C2H6O2Si.H4Si/c1-2(3)4-5;/h1,5H3;1H4.